The summed E-state index contributed by atoms with van der Waals surface area (Å²) in [6.45, 7) is 2.75. The Balaban J connectivity index is 1.85. The molecular weight excluding hydrogens is 190 g/mol. The van der Waals surface area contributed by atoms with Crippen molar-refractivity contribution < 1.29 is 4.79 Å². The highest BCUT2D eigenvalue weighted by Gasteiger charge is 2.43. The molecule has 1 heterocycles. The van der Waals surface area contributed by atoms with Gasteiger partial charge in [-0.15, -0.1) is 0 Å². The van der Waals surface area contributed by atoms with Gasteiger partial charge in [0.05, 0.1) is 18.0 Å². The lowest BCUT2D eigenvalue weighted by atomic mass is 10.0. The molecule has 2 fully saturated rings. The molecule has 4 heteroatoms. The quantitative estimate of drug-likeness (QED) is 0.710. The van der Waals surface area contributed by atoms with E-state index in [0.29, 0.717) is 13.0 Å². The van der Waals surface area contributed by atoms with Gasteiger partial charge in [0.1, 0.15) is 0 Å². The van der Waals surface area contributed by atoms with Crippen molar-refractivity contribution in [2.24, 2.45) is 5.92 Å². The van der Waals surface area contributed by atoms with Gasteiger partial charge in [-0.25, -0.2) is 0 Å². The number of amides is 1. The first-order valence-corrected chi connectivity index (χ1v) is 5.64. The minimum atomic E-state index is -0.141. The molecule has 82 valence electrons. The van der Waals surface area contributed by atoms with Crippen molar-refractivity contribution in [3.05, 3.63) is 0 Å². The van der Waals surface area contributed by atoms with Gasteiger partial charge in [-0.3, -0.25) is 4.79 Å². The van der Waals surface area contributed by atoms with Gasteiger partial charge in [-0.1, -0.05) is 6.92 Å². The Bertz CT molecular complexity index is 303. The molecule has 15 heavy (non-hydrogen) atoms. The first kappa shape index (κ1) is 10.4. The third kappa shape index (κ3) is 2.13. The monoisotopic (exact) mass is 207 g/mol. The molecule has 1 saturated carbocycles. The van der Waals surface area contributed by atoms with Crippen LogP contribution in [-0.2, 0) is 4.79 Å². The van der Waals surface area contributed by atoms with Crippen LogP contribution in [0.1, 0.15) is 32.6 Å². The second-order valence-corrected chi connectivity index (χ2v) is 4.65. The second-order valence-electron chi connectivity index (χ2n) is 4.65. The van der Waals surface area contributed by atoms with Crippen molar-refractivity contribution in [2.45, 2.75) is 44.2 Å². The van der Waals surface area contributed by atoms with Crippen LogP contribution in [0.5, 0.6) is 0 Å². The molecular formula is C11H17N3O. The molecule has 0 radical (unpaired) electrons. The Labute approximate surface area is 90.0 Å². The summed E-state index contributed by atoms with van der Waals surface area (Å²) < 4.78 is 0. The summed E-state index contributed by atoms with van der Waals surface area (Å²) in [5.41, 5.74) is 0.0990. The van der Waals surface area contributed by atoms with Crippen molar-refractivity contribution >= 4 is 5.91 Å². The van der Waals surface area contributed by atoms with Crippen LogP contribution in [0.3, 0.4) is 0 Å². The van der Waals surface area contributed by atoms with Crippen LogP contribution >= 0.6 is 0 Å². The van der Waals surface area contributed by atoms with Crippen LogP contribution in [-0.4, -0.2) is 24.0 Å². The lowest BCUT2D eigenvalue weighted by molar-refractivity contribution is -0.125. The first-order chi connectivity index (χ1) is 7.19. The minimum absolute atomic E-state index is 0.0151. The number of hydrogen-bond acceptors (Lipinski definition) is 3. The molecule has 2 atom stereocenters. The first-order valence-electron chi connectivity index (χ1n) is 5.64. The van der Waals surface area contributed by atoms with E-state index >= 15 is 0 Å². The normalized spacial score (nSPS) is 32.0. The minimum Gasteiger partial charge on any atom is -0.350 e. The highest BCUT2D eigenvalue weighted by molar-refractivity contribution is 5.80. The largest absolute Gasteiger partial charge is 0.350 e. The van der Waals surface area contributed by atoms with E-state index in [-0.39, 0.29) is 23.4 Å². The fraction of sp³-hybridized carbons (Fsp3) is 0.818. The van der Waals surface area contributed by atoms with E-state index in [1.807, 2.05) is 0 Å². The Morgan fingerprint density at radius 1 is 1.67 bits per heavy atom. The van der Waals surface area contributed by atoms with E-state index < -0.39 is 0 Å². The summed E-state index contributed by atoms with van der Waals surface area (Å²) in [6.07, 6.45) is 3.89. The topological polar surface area (TPSA) is 64.9 Å². The Hall–Kier alpha value is -1.08. The van der Waals surface area contributed by atoms with E-state index in [9.17, 15) is 4.79 Å². The Morgan fingerprint density at radius 3 is 2.87 bits per heavy atom. The molecule has 0 aromatic carbocycles. The van der Waals surface area contributed by atoms with Crippen LogP contribution in [0.2, 0.25) is 0 Å². The van der Waals surface area contributed by atoms with Crippen LogP contribution in [0.15, 0.2) is 0 Å². The van der Waals surface area contributed by atoms with Crippen molar-refractivity contribution in [3.8, 4) is 6.07 Å². The zero-order valence-electron chi connectivity index (χ0n) is 9.05. The van der Waals surface area contributed by atoms with Gasteiger partial charge in [-0.05, 0) is 25.7 Å². The molecule has 0 bridgehead atoms. The molecule has 2 rings (SSSR count). The van der Waals surface area contributed by atoms with Crippen LogP contribution < -0.4 is 10.6 Å². The van der Waals surface area contributed by atoms with Gasteiger partial charge in [0.2, 0.25) is 5.91 Å². The highest BCUT2D eigenvalue weighted by atomic mass is 16.2. The average Bonchev–Trinajstić information content (AvgIpc) is 2.85. The molecule has 4 nitrogen and oxygen atoms in total. The van der Waals surface area contributed by atoms with E-state index in [1.54, 1.807) is 0 Å². The number of carbonyl (C=O) groups is 1. The van der Waals surface area contributed by atoms with Gasteiger partial charge >= 0.3 is 0 Å². The van der Waals surface area contributed by atoms with Gasteiger partial charge in [-0.2, -0.15) is 5.26 Å². The van der Waals surface area contributed by atoms with E-state index in [1.165, 1.54) is 0 Å². The Kier molecular flexibility index (Phi) is 2.66. The molecule has 0 spiro atoms. The number of nitrogens with one attached hydrogen (secondary N) is 2. The predicted molar refractivity (Wildman–Crippen MR) is 55.9 cm³/mol. The molecule has 0 aromatic rings. The summed E-state index contributed by atoms with van der Waals surface area (Å²) in [7, 11) is 0. The maximum absolute atomic E-state index is 11.9. The molecule has 0 aromatic heterocycles. The summed E-state index contributed by atoms with van der Waals surface area (Å²) in [5, 5.41) is 14.9. The zero-order valence-corrected chi connectivity index (χ0v) is 9.05. The number of nitrogens with zero attached hydrogens (tertiary/aromatic N) is 1. The molecule has 2 N–H and O–H groups in total. The fourth-order valence-corrected chi connectivity index (χ4v) is 2.12. The zero-order chi connectivity index (χ0) is 10.9. The van der Waals surface area contributed by atoms with E-state index in [2.05, 4.69) is 23.6 Å². The SMILES string of the molecule is CCC1(NC(=O)C2CNC(C#N)C2)CC1. The third-order valence-electron chi connectivity index (χ3n) is 3.58. The number of rotatable bonds is 3. The van der Waals surface area contributed by atoms with Gasteiger partial charge in [0.25, 0.3) is 0 Å². The average molecular weight is 207 g/mol. The second kappa shape index (κ2) is 3.82. The summed E-state index contributed by atoms with van der Waals surface area (Å²) in [6, 6.07) is 2.01. The third-order valence-corrected chi connectivity index (χ3v) is 3.58. The standard InChI is InChI=1S/C11H17N3O/c1-2-11(3-4-11)14-10(15)8-5-9(6-12)13-7-8/h8-9,13H,2-5,7H2,1H3,(H,14,15). The smallest absolute Gasteiger partial charge is 0.224 e. The van der Waals surface area contributed by atoms with Gasteiger partial charge in [0.15, 0.2) is 0 Å². The van der Waals surface area contributed by atoms with Crippen molar-refractivity contribution in [3.63, 3.8) is 0 Å². The lowest BCUT2D eigenvalue weighted by Gasteiger charge is -2.17. The van der Waals surface area contributed by atoms with E-state index in [0.717, 1.165) is 19.3 Å². The number of nitriles is 1. The summed E-state index contributed by atoms with van der Waals surface area (Å²) in [5.74, 6) is 0.110. The number of carbonyl (C=O) groups excluding carboxylic acids is 1. The van der Waals surface area contributed by atoms with Crippen LogP contribution in [0, 0.1) is 17.2 Å². The molecule has 1 amide bonds. The van der Waals surface area contributed by atoms with Crippen LogP contribution in [0.4, 0.5) is 0 Å². The summed E-state index contributed by atoms with van der Waals surface area (Å²) >= 11 is 0. The predicted octanol–water partition coefficient (Wildman–Crippen LogP) is 0.547. The molecule has 2 aliphatic rings. The molecule has 2 unspecified atom stereocenters. The molecule has 1 aliphatic carbocycles. The van der Waals surface area contributed by atoms with E-state index in [4.69, 9.17) is 5.26 Å². The van der Waals surface area contributed by atoms with Crippen molar-refractivity contribution in [1.29, 1.82) is 5.26 Å². The fourth-order valence-electron chi connectivity index (χ4n) is 2.12. The van der Waals surface area contributed by atoms with Crippen molar-refractivity contribution in [2.75, 3.05) is 6.54 Å². The highest BCUT2D eigenvalue weighted by Crippen LogP contribution is 2.38. The summed E-state index contributed by atoms with van der Waals surface area (Å²) in [4.78, 5) is 11.9. The molecule has 1 saturated heterocycles. The van der Waals surface area contributed by atoms with Gasteiger partial charge in [0, 0.05) is 12.1 Å². The lowest BCUT2D eigenvalue weighted by Crippen LogP contribution is -2.40. The maximum atomic E-state index is 11.9. The maximum Gasteiger partial charge on any atom is 0.224 e. The van der Waals surface area contributed by atoms with Crippen LogP contribution in [0.25, 0.3) is 0 Å². The Morgan fingerprint density at radius 2 is 2.40 bits per heavy atom. The van der Waals surface area contributed by atoms with Gasteiger partial charge < -0.3 is 10.6 Å². The molecule has 1 aliphatic heterocycles. The number of hydrogen-bond donors (Lipinski definition) is 2. The van der Waals surface area contributed by atoms with Crippen molar-refractivity contribution in [1.82, 2.24) is 10.6 Å².